The summed E-state index contributed by atoms with van der Waals surface area (Å²) in [7, 11) is 1.87. The number of ether oxygens (including phenoxy) is 1. The van der Waals surface area contributed by atoms with E-state index in [9.17, 15) is 15.3 Å². The Bertz CT molecular complexity index is 897. The van der Waals surface area contributed by atoms with Crippen LogP contribution in [0.4, 0.5) is 0 Å². The van der Waals surface area contributed by atoms with E-state index in [1.807, 2.05) is 14.0 Å². The maximum absolute atomic E-state index is 12.6. The van der Waals surface area contributed by atoms with Gasteiger partial charge in [-0.2, -0.15) is 0 Å². The van der Waals surface area contributed by atoms with Crippen molar-refractivity contribution in [1.29, 1.82) is 0 Å². The van der Waals surface area contributed by atoms with Gasteiger partial charge in [-0.3, -0.25) is 0 Å². The fourth-order valence-corrected chi connectivity index (χ4v) is 13.3. The molecule has 0 amide bonds. The molecule has 5 fully saturated rings. The molecule has 0 aromatic heterocycles. The Morgan fingerprint density at radius 1 is 0.927 bits per heavy atom. The Morgan fingerprint density at radius 2 is 1.59 bits per heavy atom. The number of hydrogen-bond donors (Lipinski definition) is 3. The molecular formula is C37H66O4. The van der Waals surface area contributed by atoms with Gasteiger partial charge in [0.2, 0.25) is 0 Å². The van der Waals surface area contributed by atoms with Gasteiger partial charge in [0.1, 0.15) is 0 Å². The van der Waals surface area contributed by atoms with E-state index in [1.165, 1.54) is 57.8 Å². The van der Waals surface area contributed by atoms with Gasteiger partial charge < -0.3 is 20.1 Å². The summed E-state index contributed by atoms with van der Waals surface area (Å²) in [5.41, 5.74) is -0.228. The number of rotatable bonds is 6. The lowest BCUT2D eigenvalue weighted by atomic mass is 9.34. The minimum Gasteiger partial charge on any atom is -0.393 e. The molecule has 0 radical (unpaired) electrons. The highest BCUT2D eigenvalue weighted by Crippen LogP contribution is 2.73. The maximum atomic E-state index is 12.6. The van der Waals surface area contributed by atoms with Crippen molar-refractivity contribution in [2.75, 3.05) is 7.11 Å². The van der Waals surface area contributed by atoms with Gasteiger partial charge in [-0.15, -0.1) is 0 Å². The summed E-state index contributed by atoms with van der Waals surface area (Å²) in [4.78, 5) is 0. The third-order valence-electron chi connectivity index (χ3n) is 15.5. The highest BCUT2D eigenvalue weighted by Gasteiger charge is 2.70. The summed E-state index contributed by atoms with van der Waals surface area (Å²) in [6.07, 6.45) is 12.8. The second-order valence-corrected chi connectivity index (χ2v) is 17.3. The molecule has 5 saturated carbocycles. The lowest BCUT2D eigenvalue weighted by molar-refractivity contribution is -0.281. The zero-order valence-corrected chi connectivity index (χ0v) is 28.1. The van der Waals surface area contributed by atoms with Crippen molar-refractivity contribution >= 4 is 0 Å². The van der Waals surface area contributed by atoms with E-state index < -0.39 is 12.2 Å². The monoisotopic (exact) mass is 574 g/mol. The zero-order valence-electron chi connectivity index (χ0n) is 28.1. The molecule has 4 heteroatoms. The van der Waals surface area contributed by atoms with Crippen LogP contribution in [0.15, 0.2) is 0 Å². The van der Waals surface area contributed by atoms with Crippen LogP contribution in [-0.2, 0) is 4.74 Å². The van der Waals surface area contributed by atoms with Crippen molar-refractivity contribution in [3.63, 3.8) is 0 Å². The molecule has 5 rings (SSSR count). The molecular weight excluding hydrogens is 508 g/mol. The summed E-state index contributed by atoms with van der Waals surface area (Å²) < 4.78 is 5.63. The molecule has 41 heavy (non-hydrogen) atoms. The van der Waals surface area contributed by atoms with Crippen LogP contribution in [-0.4, -0.2) is 46.8 Å². The lowest BCUT2D eigenvalue weighted by Crippen LogP contribution is -2.70. The standard InChI is InChI=1S/C37H66O4/c1-10-26-17-27(14-11-25-12-15-28(41-9)16-13-25)22(3)31-29(26)19-35(6)20-36(7)18-21(2)30(24(5)38)34(40)37(36,8)23(4)32(35)33(31)39/h21-34,38-40H,10-20H2,1-9H3. The minimum absolute atomic E-state index is 0.000790. The van der Waals surface area contributed by atoms with Gasteiger partial charge in [0.25, 0.3) is 0 Å². The molecule has 4 nitrogen and oxygen atoms in total. The van der Waals surface area contributed by atoms with E-state index in [-0.39, 0.29) is 40.1 Å². The van der Waals surface area contributed by atoms with E-state index in [4.69, 9.17) is 4.74 Å². The molecule has 238 valence electrons. The number of methoxy groups -OCH3 is 1. The predicted molar refractivity (Wildman–Crippen MR) is 167 cm³/mol. The molecule has 0 bridgehead atoms. The van der Waals surface area contributed by atoms with Gasteiger partial charge >= 0.3 is 0 Å². The fraction of sp³-hybridized carbons (Fsp3) is 1.00. The van der Waals surface area contributed by atoms with Crippen LogP contribution in [0.1, 0.15) is 126 Å². The van der Waals surface area contributed by atoms with E-state index in [2.05, 4.69) is 48.5 Å². The zero-order chi connectivity index (χ0) is 30.1. The molecule has 0 spiro atoms. The van der Waals surface area contributed by atoms with Crippen molar-refractivity contribution < 1.29 is 20.1 Å². The van der Waals surface area contributed by atoms with Crippen LogP contribution < -0.4 is 0 Å². The first-order valence-corrected chi connectivity index (χ1v) is 17.8. The SMILES string of the molecule is CCC1CC(CCC2CCC(OC)CC2)C(C)C2C(O)C3C(C)C4(C)C(O)C(C(C)O)C(C)CC4(C)CC3(C)CC12. The van der Waals surface area contributed by atoms with Gasteiger partial charge in [-0.05, 0) is 129 Å². The average Bonchev–Trinajstić information content (AvgIpc) is 2.90. The van der Waals surface area contributed by atoms with Crippen molar-refractivity contribution in [3.05, 3.63) is 0 Å². The predicted octanol–water partition coefficient (Wildman–Crippen LogP) is 7.72. The summed E-state index contributed by atoms with van der Waals surface area (Å²) >= 11 is 0. The average molecular weight is 575 g/mol. The third kappa shape index (κ3) is 5.09. The maximum Gasteiger partial charge on any atom is 0.0656 e. The highest BCUT2D eigenvalue weighted by atomic mass is 16.5. The molecule has 15 atom stereocenters. The molecule has 0 saturated heterocycles. The number of hydrogen-bond acceptors (Lipinski definition) is 4. The first-order chi connectivity index (χ1) is 19.2. The summed E-state index contributed by atoms with van der Waals surface area (Å²) in [6, 6.07) is 0. The summed E-state index contributed by atoms with van der Waals surface area (Å²) in [5, 5.41) is 35.4. The smallest absolute Gasteiger partial charge is 0.0656 e. The van der Waals surface area contributed by atoms with Gasteiger partial charge in [0, 0.05) is 18.4 Å². The van der Waals surface area contributed by atoms with Crippen LogP contribution in [0.2, 0.25) is 0 Å². The minimum atomic E-state index is -0.547. The Labute approximate surface area is 252 Å². The van der Waals surface area contributed by atoms with Gasteiger partial charge in [-0.1, -0.05) is 61.3 Å². The molecule has 0 aromatic carbocycles. The Hall–Kier alpha value is -0.160. The topological polar surface area (TPSA) is 69.9 Å². The van der Waals surface area contributed by atoms with Crippen molar-refractivity contribution in [1.82, 2.24) is 0 Å². The van der Waals surface area contributed by atoms with Crippen molar-refractivity contribution in [3.8, 4) is 0 Å². The van der Waals surface area contributed by atoms with Crippen LogP contribution in [0.25, 0.3) is 0 Å². The molecule has 15 unspecified atom stereocenters. The van der Waals surface area contributed by atoms with Crippen molar-refractivity contribution in [2.45, 2.75) is 150 Å². The summed E-state index contributed by atoms with van der Waals surface area (Å²) in [5.74, 6) is 4.38. The van der Waals surface area contributed by atoms with Gasteiger partial charge in [0.05, 0.1) is 24.4 Å². The van der Waals surface area contributed by atoms with Crippen LogP contribution in [0, 0.1) is 75.4 Å². The molecule has 5 aliphatic carbocycles. The second kappa shape index (κ2) is 11.6. The number of fused-ring (bicyclic) bond motifs is 3. The van der Waals surface area contributed by atoms with Crippen molar-refractivity contribution in [2.24, 2.45) is 75.4 Å². The first-order valence-electron chi connectivity index (χ1n) is 17.8. The second-order valence-electron chi connectivity index (χ2n) is 17.3. The van der Waals surface area contributed by atoms with E-state index in [0.29, 0.717) is 41.6 Å². The molecule has 3 N–H and O–H groups in total. The molecule has 0 heterocycles. The van der Waals surface area contributed by atoms with E-state index in [1.54, 1.807) is 0 Å². The van der Waals surface area contributed by atoms with Gasteiger partial charge in [-0.25, -0.2) is 0 Å². The number of aliphatic hydroxyl groups is 3. The highest BCUT2D eigenvalue weighted by molar-refractivity contribution is 5.18. The number of aliphatic hydroxyl groups excluding tert-OH is 3. The lowest BCUT2D eigenvalue weighted by Gasteiger charge is -2.72. The molecule has 0 aliphatic heterocycles. The third-order valence-corrected chi connectivity index (χ3v) is 15.5. The largest absolute Gasteiger partial charge is 0.393 e. The molecule has 5 aliphatic rings. The Balaban J connectivity index is 1.40. The first kappa shape index (κ1) is 32.2. The quantitative estimate of drug-likeness (QED) is 0.304. The van der Waals surface area contributed by atoms with Gasteiger partial charge in [0.15, 0.2) is 0 Å². The Kier molecular flexibility index (Phi) is 9.16. The normalized spacial score (nSPS) is 56.3. The van der Waals surface area contributed by atoms with Crippen LogP contribution in [0.5, 0.6) is 0 Å². The van der Waals surface area contributed by atoms with Crippen LogP contribution in [0.3, 0.4) is 0 Å². The Morgan fingerprint density at radius 3 is 2.17 bits per heavy atom. The summed E-state index contributed by atoms with van der Waals surface area (Å²) in [6.45, 7) is 18.6. The van der Waals surface area contributed by atoms with Crippen LogP contribution >= 0.6 is 0 Å². The van der Waals surface area contributed by atoms with E-state index >= 15 is 0 Å². The van der Waals surface area contributed by atoms with E-state index in [0.717, 1.165) is 18.8 Å². The fourth-order valence-electron chi connectivity index (χ4n) is 13.3. The molecule has 0 aromatic rings.